The molecular weight excluding hydrogens is 450 g/mol. The van der Waals surface area contributed by atoms with Gasteiger partial charge in [0, 0.05) is 0 Å². The Bertz CT molecular complexity index is 1280. The standard InChI is InChI=1S/C23H17NO4S3/c1-16-10-12-20(13-11-16)31(26,27)28-19-9-5-6-17(14-19)15-21-22(25)24(23(29)30-21)18-7-3-2-4-8-18/h2-15H,1H3/b21-15-. The molecule has 1 fully saturated rings. The summed E-state index contributed by atoms with van der Waals surface area (Å²) in [4.78, 5) is 14.9. The molecule has 0 radical (unpaired) electrons. The van der Waals surface area contributed by atoms with Crippen LogP contribution < -0.4 is 9.08 Å². The van der Waals surface area contributed by atoms with Crippen molar-refractivity contribution in [2.24, 2.45) is 0 Å². The van der Waals surface area contributed by atoms with Crippen LogP contribution >= 0.6 is 24.0 Å². The van der Waals surface area contributed by atoms with Crippen LogP contribution in [0.4, 0.5) is 5.69 Å². The molecule has 0 bridgehead atoms. The Morgan fingerprint density at radius 3 is 2.39 bits per heavy atom. The number of para-hydroxylation sites is 1. The number of aryl methyl sites for hydroxylation is 1. The zero-order valence-corrected chi connectivity index (χ0v) is 18.8. The summed E-state index contributed by atoms with van der Waals surface area (Å²) in [6.45, 7) is 1.88. The quantitative estimate of drug-likeness (QED) is 0.293. The number of hydrogen-bond donors (Lipinski definition) is 0. The third-order valence-electron chi connectivity index (χ3n) is 4.48. The van der Waals surface area contributed by atoms with Gasteiger partial charge < -0.3 is 4.18 Å². The second-order valence-electron chi connectivity index (χ2n) is 6.78. The molecule has 0 N–H and O–H groups in total. The maximum Gasteiger partial charge on any atom is 0.339 e. The second kappa shape index (κ2) is 8.66. The predicted octanol–water partition coefficient (Wildman–Crippen LogP) is 5.17. The Hall–Kier alpha value is -2.94. The first-order valence-electron chi connectivity index (χ1n) is 9.28. The first-order valence-corrected chi connectivity index (χ1v) is 11.9. The Balaban J connectivity index is 1.57. The second-order valence-corrected chi connectivity index (χ2v) is 10.00. The van der Waals surface area contributed by atoms with Crippen LogP contribution in [0.3, 0.4) is 0 Å². The highest BCUT2D eigenvalue weighted by atomic mass is 32.2. The number of rotatable bonds is 5. The molecular formula is C23H17NO4S3. The van der Waals surface area contributed by atoms with Crippen LogP contribution in [0.15, 0.2) is 88.7 Å². The van der Waals surface area contributed by atoms with Gasteiger partial charge in [-0.25, -0.2) is 0 Å². The minimum atomic E-state index is -3.96. The largest absolute Gasteiger partial charge is 0.379 e. The number of benzene rings is 3. The molecule has 1 amide bonds. The number of thioether (sulfide) groups is 1. The van der Waals surface area contributed by atoms with Crippen molar-refractivity contribution in [3.8, 4) is 5.75 Å². The van der Waals surface area contributed by atoms with Crippen molar-refractivity contribution in [1.82, 2.24) is 0 Å². The van der Waals surface area contributed by atoms with E-state index in [1.54, 1.807) is 42.5 Å². The van der Waals surface area contributed by atoms with Crippen LogP contribution in [0, 0.1) is 6.92 Å². The van der Waals surface area contributed by atoms with Crippen molar-refractivity contribution in [2.75, 3.05) is 4.90 Å². The van der Waals surface area contributed by atoms with Crippen molar-refractivity contribution in [1.29, 1.82) is 0 Å². The topological polar surface area (TPSA) is 63.7 Å². The molecule has 0 aromatic heterocycles. The minimum absolute atomic E-state index is 0.0761. The Labute approximate surface area is 190 Å². The number of thiocarbonyl (C=S) groups is 1. The average molecular weight is 468 g/mol. The molecule has 1 aliphatic heterocycles. The molecule has 0 saturated carbocycles. The van der Waals surface area contributed by atoms with Crippen molar-refractivity contribution >= 4 is 56.1 Å². The van der Waals surface area contributed by atoms with E-state index >= 15 is 0 Å². The molecule has 3 aromatic rings. The molecule has 1 saturated heterocycles. The zero-order valence-electron chi connectivity index (χ0n) is 16.4. The van der Waals surface area contributed by atoms with Crippen molar-refractivity contribution in [3.63, 3.8) is 0 Å². The van der Waals surface area contributed by atoms with E-state index in [9.17, 15) is 13.2 Å². The molecule has 0 atom stereocenters. The summed E-state index contributed by atoms with van der Waals surface area (Å²) >= 11 is 6.58. The van der Waals surface area contributed by atoms with E-state index in [-0.39, 0.29) is 16.6 Å². The number of hydrogen-bond acceptors (Lipinski definition) is 6. The van der Waals surface area contributed by atoms with E-state index in [0.717, 1.165) is 5.56 Å². The molecule has 0 spiro atoms. The maximum absolute atomic E-state index is 12.9. The van der Waals surface area contributed by atoms with Crippen LogP contribution in [-0.2, 0) is 14.9 Å². The van der Waals surface area contributed by atoms with Gasteiger partial charge in [0.2, 0.25) is 0 Å². The first-order chi connectivity index (χ1) is 14.8. The molecule has 4 rings (SSSR count). The third kappa shape index (κ3) is 4.71. The summed E-state index contributed by atoms with van der Waals surface area (Å²) in [6, 6.07) is 22.2. The minimum Gasteiger partial charge on any atom is -0.379 e. The lowest BCUT2D eigenvalue weighted by atomic mass is 10.2. The number of carbonyl (C=O) groups excluding carboxylic acids is 1. The summed E-state index contributed by atoms with van der Waals surface area (Å²) in [5.74, 6) is -0.0624. The fourth-order valence-electron chi connectivity index (χ4n) is 2.95. The summed E-state index contributed by atoms with van der Waals surface area (Å²) in [5.41, 5.74) is 2.29. The highest BCUT2D eigenvalue weighted by Crippen LogP contribution is 2.36. The molecule has 0 unspecified atom stereocenters. The van der Waals surface area contributed by atoms with Crippen LogP contribution in [0.5, 0.6) is 5.75 Å². The SMILES string of the molecule is Cc1ccc(S(=O)(=O)Oc2cccc(/C=C3\SC(=S)N(c4ccccc4)C3=O)c2)cc1. The van der Waals surface area contributed by atoms with E-state index in [1.807, 2.05) is 37.3 Å². The highest BCUT2D eigenvalue weighted by molar-refractivity contribution is 8.27. The summed E-state index contributed by atoms with van der Waals surface area (Å²) in [5, 5.41) is 0. The monoisotopic (exact) mass is 467 g/mol. The summed E-state index contributed by atoms with van der Waals surface area (Å²) < 4.78 is 30.8. The van der Waals surface area contributed by atoms with Crippen LogP contribution in [0.1, 0.15) is 11.1 Å². The average Bonchev–Trinajstić information content (AvgIpc) is 3.02. The van der Waals surface area contributed by atoms with Gasteiger partial charge in [0.1, 0.15) is 10.6 Å². The molecule has 1 heterocycles. The maximum atomic E-state index is 12.9. The Kier molecular flexibility index (Phi) is 5.95. The lowest BCUT2D eigenvalue weighted by Gasteiger charge is -2.13. The fourth-order valence-corrected chi connectivity index (χ4v) is 5.18. The van der Waals surface area contributed by atoms with Crippen LogP contribution in [0.2, 0.25) is 0 Å². The molecule has 31 heavy (non-hydrogen) atoms. The van der Waals surface area contributed by atoms with Gasteiger partial charge in [0.05, 0.1) is 10.6 Å². The van der Waals surface area contributed by atoms with Crippen molar-refractivity contribution < 1.29 is 17.4 Å². The normalized spacial score (nSPS) is 15.5. The van der Waals surface area contributed by atoms with Gasteiger partial charge in [-0.3, -0.25) is 9.69 Å². The van der Waals surface area contributed by atoms with Crippen LogP contribution in [-0.4, -0.2) is 18.6 Å². The molecule has 1 aliphatic rings. The van der Waals surface area contributed by atoms with E-state index in [2.05, 4.69) is 0 Å². The van der Waals surface area contributed by atoms with Gasteiger partial charge in [-0.05, 0) is 55.0 Å². The number of amides is 1. The molecule has 8 heteroatoms. The lowest BCUT2D eigenvalue weighted by Crippen LogP contribution is -2.27. The Morgan fingerprint density at radius 2 is 1.68 bits per heavy atom. The van der Waals surface area contributed by atoms with Crippen LogP contribution in [0.25, 0.3) is 6.08 Å². The van der Waals surface area contributed by atoms with E-state index in [1.165, 1.54) is 28.8 Å². The third-order valence-corrected chi connectivity index (χ3v) is 7.04. The summed E-state index contributed by atoms with van der Waals surface area (Å²) in [6.07, 6.45) is 1.67. The number of nitrogens with zero attached hydrogens (tertiary/aromatic N) is 1. The van der Waals surface area contributed by atoms with Gasteiger partial charge in [-0.1, -0.05) is 72.0 Å². The van der Waals surface area contributed by atoms with Gasteiger partial charge >= 0.3 is 10.1 Å². The first kappa shape index (κ1) is 21.3. The Morgan fingerprint density at radius 1 is 0.968 bits per heavy atom. The smallest absolute Gasteiger partial charge is 0.339 e. The molecule has 156 valence electrons. The number of anilines is 1. The van der Waals surface area contributed by atoms with Gasteiger partial charge in [-0.15, -0.1) is 0 Å². The van der Waals surface area contributed by atoms with Gasteiger partial charge in [-0.2, -0.15) is 8.42 Å². The number of carbonyl (C=O) groups is 1. The fraction of sp³-hybridized carbons (Fsp3) is 0.0435. The van der Waals surface area contributed by atoms with Gasteiger partial charge in [0.25, 0.3) is 5.91 Å². The van der Waals surface area contributed by atoms with Gasteiger partial charge in [0.15, 0.2) is 4.32 Å². The lowest BCUT2D eigenvalue weighted by molar-refractivity contribution is -0.113. The van der Waals surface area contributed by atoms with E-state index in [0.29, 0.717) is 20.5 Å². The van der Waals surface area contributed by atoms with Crippen molar-refractivity contribution in [3.05, 3.63) is 94.9 Å². The molecule has 3 aromatic carbocycles. The van der Waals surface area contributed by atoms with E-state index < -0.39 is 10.1 Å². The predicted molar refractivity (Wildman–Crippen MR) is 128 cm³/mol. The summed E-state index contributed by atoms with van der Waals surface area (Å²) in [7, 11) is -3.96. The van der Waals surface area contributed by atoms with Crippen molar-refractivity contribution in [2.45, 2.75) is 11.8 Å². The zero-order chi connectivity index (χ0) is 22.0. The molecule has 5 nitrogen and oxygen atoms in total. The van der Waals surface area contributed by atoms with E-state index in [4.69, 9.17) is 16.4 Å². The highest BCUT2D eigenvalue weighted by Gasteiger charge is 2.33. The molecule has 0 aliphatic carbocycles.